The lowest BCUT2D eigenvalue weighted by molar-refractivity contribution is -0.248. The van der Waals surface area contributed by atoms with Crippen LogP contribution in [-0.4, -0.2) is 46.7 Å². The summed E-state index contributed by atoms with van der Waals surface area (Å²) in [7, 11) is 0. The number of alkyl halides is 3. The fourth-order valence-corrected chi connectivity index (χ4v) is 3.50. The molecule has 8 nitrogen and oxygen atoms in total. The number of nitrogens with one attached hydrogen (secondary N) is 1. The van der Waals surface area contributed by atoms with Gasteiger partial charge in [0.1, 0.15) is 12.1 Å². The maximum Gasteiger partial charge on any atom is 0.492 e. The SMILES string of the molecule is N#Cc1ccc(-c2ccc(C[C@@H](C#N)NC(=O)[C@@H]3CCCCN3OC(=O)C(F)(F)F)cn2)cc1. The first-order chi connectivity index (χ1) is 16.2. The van der Waals surface area contributed by atoms with E-state index >= 15 is 0 Å². The molecule has 1 aromatic carbocycles. The van der Waals surface area contributed by atoms with Gasteiger partial charge in [0.2, 0.25) is 5.91 Å². The molecular weight excluding hydrogens is 451 g/mol. The summed E-state index contributed by atoms with van der Waals surface area (Å²) >= 11 is 0. The molecule has 0 radical (unpaired) electrons. The molecule has 0 aliphatic carbocycles. The van der Waals surface area contributed by atoms with Crippen molar-refractivity contribution in [2.45, 2.75) is 43.9 Å². The average Bonchev–Trinajstić information content (AvgIpc) is 2.83. The lowest BCUT2D eigenvalue weighted by Crippen LogP contribution is -2.53. The molecule has 1 aliphatic heterocycles. The molecule has 1 saturated heterocycles. The molecule has 1 aromatic heterocycles. The molecule has 2 aromatic rings. The zero-order chi connectivity index (χ0) is 24.7. The average molecular weight is 471 g/mol. The first-order valence-corrected chi connectivity index (χ1v) is 10.4. The van der Waals surface area contributed by atoms with Gasteiger partial charge < -0.3 is 10.2 Å². The van der Waals surface area contributed by atoms with Crippen LogP contribution in [0.5, 0.6) is 0 Å². The van der Waals surface area contributed by atoms with Crippen molar-refractivity contribution >= 4 is 11.9 Å². The number of pyridine rings is 1. The Hall–Kier alpha value is -3.96. The normalized spacial score (nSPS) is 17.1. The number of hydrogen-bond donors (Lipinski definition) is 1. The molecule has 11 heteroatoms. The van der Waals surface area contributed by atoms with Gasteiger partial charge in [0.05, 0.1) is 23.4 Å². The molecule has 0 bridgehead atoms. The summed E-state index contributed by atoms with van der Waals surface area (Å²) in [6, 6.07) is 12.3. The zero-order valence-electron chi connectivity index (χ0n) is 17.9. The maximum absolute atomic E-state index is 12.7. The van der Waals surface area contributed by atoms with Crippen LogP contribution < -0.4 is 5.32 Å². The van der Waals surface area contributed by atoms with E-state index in [-0.39, 0.29) is 19.4 Å². The predicted octanol–water partition coefficient (Wildman–Crippen LogP) is 3.05. The summed E-state index contributed by atoms with van der Waals surface area (Å²) in [6.07, 6.45) is -2.27. The van der Waals surface area contributed by atoms with Gasteiger partial charge in [-0.25, -0.2) is 4.79 Å². The Morgan fingerprint density at radius 2 is 1.91 bits per heavy atom. The number of carbonyl (C=O) groups is 2. The van der Waals surface area contributed by atoms with Gasteiger partial charge in [-0.1, -0.05) is 18.2 Å². The van der Waals surface area contributed by atoms with Crippen LogP contribution in [0, 0.1) is 22.7 Å². The third-order valence-corrected chi connectivity index (χ3v) is 5.23. The molecular formula is C23H20F3N5O3. The summed E-state index contributed by atoms with van der Waals surface area (Å²) in [5.74, 6) is -3.08. The standard InChI is InChI=1S/C23H20F3N5O3/c24-23(25,26)22(33)34-31-10-2-1-3-20(31)21(32)30-18(13-28)11-16-6-9-19(29-14-16)17-7-4-15(12-27)5-8-17/h4-9,14,18,20H,1-3,10-11H2,(H,30,32)/t18-,20-/m0/s1. The fraction of sp³-hybridized carbons (Fsp3) is 0.348. The van der Waals surface area contributed by atoms with E-state index in [2.05, 4.69) is 15.1 Å². The molecule has 0 saturated carbocycles. The van der Waals surface area contributed by atoms with Gasteiger partial charge in [0.25, 0.3) is 0 Å². The fourth-order valence-electron chi connectivity index (χ4n) is 3.50. The molecule has 176 valence electrons. The van der Waals surface area contributed by atoms with Gasteiger partial charge in [0.15, 0.2) is 0 Å². The van der Waals surface area contributed by atoms with E-state index in [1.54, 1.807) is 42.6 Å². The van der Waals surface area contributed by atoms with Crippen LogP contribution in [0.15, 0.2) is 42.6 Å². The summed E-state index contributed by atoms with van der Waals surface area (Å²) in [5.41, 5.74) is 2.66. The smallest absolute Gasteiger partial charge is 0.360 e. The number of aromatic nitrogens is 1. The van der Waals surface area contributed by atoms with E-state index in [4.69, 9.17) is 5.26 Å². The number of nitriles is 2. The largest absolute Gasteiger partial charge is 0.492 e. The second-order valence-electron chi connectivity index (χ2n) is 7.66. The van der Waals surface area contributed by atoms with Crippen LogP contribution in [0.25, 0.3) is 11.3 Å². The van der Waals surface area contributed by atoms with E-state index in [1.165, 1.54) is 0 Å². The molecule has 1 amide bonds. The highest BCUT2D eigenvalue weighted by atomic mass is 19.4. The highest BCUT2D eigenvalue weighted by Gasteiger charge is 2.44. The van der Waals surface area contributed by atoms with Gasteiger partial charge >= 0.3 is 12.1 Å². The van der Waals surface area contributed by atoms with Crippen LogP contribution in [-0.2, 0) is 20.8 Å². The molecule has 34 heavy (non-hydrogen) atoms. The Bertz CT molecular complexity index is 1110. The van der Waals surface area contributed by atoms with Crippen molar-refractivity contribution in [3.8, 4) is 23.4 Å². The minimum atomic E-state index is -5.18. The first kappa shape index (κ1) is 24.7. The van der Waals surface area contributed by atoms with Gasteiger partial charge in [-0.2, -0.15) is 23.7 Å². The molecule has 3 rings (SSSR count). The number of hydroxylamine groups is 2. The number of nitrogens with zero attached hydrogens (tertiary/aromatic N) is 4. The van der Waals surface area contributed by atoms with E-state index < -0.39 is 30.1 Å². The van der Waals surface area contributed by atoms with Crippen LogP contribution >= 0.6 is 0 Å². The Labute approximate surface area is 193 Å². The second kappa shape index (κ2) is 10.8. The molecule has 1 N–H and O–H groups in total. The van der Waals surface area contributed by atoms with E-state index in [0.29, 0.717) is 29.7 Å². The number of piperidine rings is 1. The Kier molecular flexibility index (Phi) is 7.82. The van der Waals surface area contributed by atoms with Gasteiger partial charge in [-0.3, -0.25) is 9.78 Å². The Morgan fingerprint density at radius 1 is 1.18 bits per heavy atom. The Balaban J connectivity index is 1.62. The Morgan fingerprint density at radius 3 is 2.50 bits per heavy atom. The molecule has 1 aliphatic rings. The van der Waals surface area contributed by atoms with Crippen molar-refractivity contribution in [2.75, 3.05) is 6.54 Å². The second-order valence-corrected chi connectivity index (χ2v) is 7.66. The third-order valence-electron chi connectivity index (χ3n) is 5.23. The summed E-state index contributed by atoms with van der Waals surface area (Å²) < 4.78 is 37.6. The quantitative estimate of drug-likeness (QED) is 0.688. The van der Waals surface area contributed by atoms with Crippen LogP contribution in [0.3, 0.4) is 0 Å². The predicted molar refractivity (Wildman–Crippen MR) is 112 cm³/mol. The highest BCUT2D eigenvalue weighted by Crippen LogP contribution is 2.23. The number of rotatable bonds is 6. The van der Waals surface area contributed by atoms with Crippen LogP contribution in [0.4, 0.5) is 13.2 Å². The van der Waals surface area contributed by atoms with Gasteiger partial charge in [0, 0.05) is 24.7 Å². The number of hydrogen-bond acceptors (Lipinski definition) is 7. The maximum atomic E-state index is 12.7. The monoisotopic (exact) mass is 471 g/mol. The minimum absolute atomic E-state index is 0.0160. The minimum Gasteiger partial charge on any atom is -0.360 e. The summed E-state index contributed by atoms with van der Waals surface area (Å²) in [6.45, 7) is -0.0160. The number of halogens is 3. The van der Waals surface area contributed by atoms with Crippen LogP contribution in [0.2, 0.25) is 0 Å². The lowest BCUT2D eigenvalue weighted by atomic mass is 10.0. The first-order valence-electron chi connectivity index (χ1n) is 10.4. The van der Waals surface area contributed by atoms with Crippen molar-refractivity contribution in [1.29, 1.82) is 10.5 Å². The van der Waals surface area contributed by atoms with E-state index in [0.717, 1.165) is 10.6 Å². The lowest BCUT2D eigenvalue weighted by Gasteiger charge is -2.33. The summed E-state index contributed by atoms with van der Waals surface area (Å²) in [4.78, 5) is 32.6. The molecule has 0 spiro atoms. The molecule has 0 unspecified atom stereocenters. The number of carbonyl (C=O) groups excluding carboxylic acids is 2. The highest BCUT2D eigenvalue weighted by molar-refractivity contribution is 5.83. The van der Waals surface area contributed by atoms with Gasteiger partial charge in [-0.05, 0) is 43.0 Å². The van der Waals surface area contributed by atoms with Crippen molar-refractivity contribution in [1.82, 2.24) is 15.4 Å². The molecule has 2 heterocycles. The third kappa shape index (κ3) is 6.30. The molecule has 1 fully saturated rings. The van der Waals surface area contributed by atoms with Crippen molar-refractivity contribution < 1.29 is 27.6 Å². The van der Waals surface area contributed by atoms with Crippen molar-refractivity contribution in [3.63, 3.8) is 0 Å². The zero-order valence-corrected chi connectivity index (χ0v) is 17.9. The van der Waals surface area contributed by atoms with Crippen molar-refractivity contribution in [2.24, 2.45) is 0 Å². The topological polar surface area (TPSA) is 119 Å². The van der Waals surface area contributed by atoms with Crippen LogP contribution in [0.1, 0.15) is 30.4 Å². The van der Waals surface area contributed by atoms with Gasteiger partial charge in [-0.15, -0.1) is 5.06 Å². The summed E-state index contributed by atoms with van der Waals surface area (Å²) in [5, 5.41) is 21.6. The van der Waals surface area contributed by atoms with E-state index in [1.807, 2.05) is 12.1 Å². The van der Waals surface area contributed by atoms with E-state index in [9.17, 15) is 28.0 Å². The van der Waals surface area contributed by atoms with Crippen molar-refractivity contribution in [3.05, 3.63) is 53.7 Å². The number of amides is 1. The molecule has 2 atom stereocenters. The number of benzene rings is 1.